The second-order valence-electron chi connectivity index (χ2n) is 9.48. The van der Waals surface area contributed by atoms with E-state index >= 15 is 0 Å². The SMILES string of the molecule is CCCc1ccc(-c2nn(-c3ccccc3)c3c2C(c2ccc(OC(F)F)cc2)N2C=C(Cl)C=C(Cl)C2=N3)cc1. The zero-order chi connectivity index (χ0) is 27.8. The maximum absolute atomic E-state index is 12.9. The Balaban J connectivity index is 1.60. The van der Waals surface area contributed by atoms with E-state index in [1.54, 1.807) is 24.4 Å². The number of para-hydroxylation sites is 1. The first kappa shape index (κ1) is 26.3. The predicted molar refractivity (Wildman–Crippen MR) is 155 cm³/mol. The summed E-state index contributed by atoms with van der Waals surface area (Å²) in [5.74, 6) is 1.21. The van der Waals surface area contributed by atoms with Gasteiger partial charge in [0.2, 0.25) is 0 Å². The molecule has 0 aliphatic carbocycles. The molecular weight excluding hydrogens is 553 g/mol. The fourth-order valence-corrected chi connectivity index (χ4v) is 5.63. The summed E-state index contributed by atoms with van der Waals surface area (Å²) in [7, 11) is 0. The van der Waals surface area contributed by atoms with E-state index < -0.39 is 12.7 Å². The van der Waals surface area contributed by atoms with Crippen LogP contribution in [0.3, 0.4) is 0 Å². The van der Waals surface area contributed by atoms with Gasteiger partial charge in [-0.15, -0.1) is 0 Å². The fourth-order valence-electron chi connectivity index (χ4n) is 5.11. The van der Waals surface area contributed by atoms with Crippen LogP contribution >= 0.6 is 23.2 Å². The zero-order valence-electron chi connectivity index (χ0n) is 21.4. The summed E-state index contributed by atoms with van der Waals surface area (Å²) in [5, 5.41) is 5.91. The van der Waals surface area contributed by atoms with E-state index in [0.717, 1.165) is 40.9 Å². The minimum Gasteiger partial charge on any atom is -0.435 e. The lowest BCUT2D eigenvalue weighted by molar-refractivity contribution is -0.0498. The molecular formula is C31H24Cl2F2N4O. The Kier molecular flexibility index (Phi) is 7.17. The molecule has 0 bridgehead atoms. The van der Waals surface area contributed by atoms with Gasteiger partial charge in [0.1, 0.15) is 11.4 Å². The molecule has 4 aromatic rings. The molecule has 2 aliphatic rings. The molecule has 1 unspecified atom stereocenters. The van der Waals surface area contributed by atoms with Crippen LogP contribution in [0, 0.1) is 0 Å². The van der Waals surface area contributed by atoms with Crippen LogP contribution in [-0.4, -0.2) is 27.1 Å². The van der Waals surface area contributed by atoms with Gasteiger partial charge in [0.25, 0.3) is 0 Å². The molecule has 0 saturated heterocycles. The number of nitrogens with zero attached hydrogens (tertiary/aromatic N) is 4. The number of hydrogen-bond acceptors (Lipinski definition) is 4. The molecule has 9 heteroatoms. The molecule has 0 saturated carbocycles. The molecule has 1 aromatic heterocycles. The van der Waals surface area contributed by atoms with Crippen LogP contribution in [0.5, 0.6) is 5.75 Å². The van der Waals surface area contributed by atoms with Crippen molar-refractivity contribution in [2.75, 3.05) is 0 Å². The van der Waals surface area contributed by atoms with Crippen molar-refractivity contribution >= 4 is 34.9 Å². The highest BCUT2D eigenvalue weighted by Gasteiger charge is 2.39. The van der Waals surface area contributed by atoms with Crippen molar-refractivity contribution in [1.29, 1.82) is 0 Å². The summed E-state index contributed by atoms with van der Waals surface area (Å²) >= 11 is 13.2. The summed E-state index contributed by atoms with van der Waals surface area (Å²) in [5.41, 5.74) is 5.41. The molecule has 6 rings (SSSR count). The number of ether oxygens (including phenoxy) is 1. The van der Waals surface area contributed by atoms with Gasteiger partial charge in [0, 0.05) is 11.8 Å². The smallest absolute Gasteiger partial charge is 0.387 e. The largest absolute Gasteiger partial charge is 0.435 e. The lowest BCUT2D eigenvalue weighted by Gasteiger charge is -2.37. The molecule has 0 N–H and O–H groups in total. The van der Waals surface area contributed by atoms with Crippen LogP contribution < -0.4 is 4.74 Å². The van der Waals surface area contributed by atoms with Crippen molar-refractivity contribution < 1.29 is 13.5 Å². The standard InChI is InChI=1S/C31H24Cl2F2N4O/c1-2-6-19-9-11-20(12-10-19)27-26-28(21-13-15-24(16-14-21)40-31(34)35)38-18-22(32)17-25(33)29(38)36-30(26)39(37-27)23-7-4-3-5-8-23/h3-5,7-18,28,31H,2,6H2,1H3. The number of aromatic nitrogens is 2. The second-order valence-corrected chi connectivity index (χ2v) is 10.3. The minimum atomic E-state index is -2.91. The molecule has 3 heterocycles. The monoisotopic (exact) mass is 576 g/mol. The van der Waals surface area contributed by atoms with Crippen molar-refractivity contribution in [2.24, 2.45) is 4.99 Å². The summed E-state index contributed by atoms with van der Waals surface area (Å²) in [4.78, 5) is 6.91. The van der Waals surface area contributed by atoms with Crippen LogP contribution in [0.25, 0.3) is 16.9 Å². The van der Waals surface area contributed by atoms with E-state index in [1.165, 1.54) is 17.7 Å². The van der Waals surface area contributed by atoms with Crippen LogP contribution in [0.4, 0.5) is 14.6 Å². The van der Waals surface area contributed by atoms with Gasteiger partial charge in [-0.2, -0.15) is 13.9 Å². The maximum atomic E-state index is 12.9. The van der Waals surface area contributed by atoms with E-state index in [-0.39, 0.29) is 5.75 Å². The summed E-state index contributed by atoms with van der Waals surface area (Å²) in [6.45, 7) is -0.759. The Morgan fingerprint density at radius 1 is 0.950 bits per heavy atom. The van der Waals surface area contributed by atoms with E-state index in [1.807, 2.05) is 39.9 Å². The number of rotatable bonds is 7. The van der Waals surface area contributed by atoms with Crippen LogP contribution in [0.15, 0.2) is 106 Å². The molecule has 3 aromatic carbocycles. The molecule has 40 heavy (non-hydrogen) atoms. The maximum Gasteiger partial charge on any atom is 0.387 e. The molecule has 0 amide bonds. The Hall–Kier alpha value is -3.94. The van der Waals surface area contributed by atoms with Gasteiger partial charge in [0.15, 0.2) is 11.7 Å². The Labute approximate surface area is 240 Å². The van der Waals surface area contributed by atoms with Crippen LogP contribution in [-0.2, 0) is 6.42 Å². The highest BCUT2D eigenvalue weighted by molar-refractivity contribution is 6.45. The number of alkyl halides is 2. The third-order valence-electron chi connectivity index (χ3n) is 6.83. The molecule has 202 valence electrons. The zero-order valence-corrected chi connectivity index (χ0v) is 22.9. The third kappa shape index (κ3) is 4.91. The number of aliphatic imine (C=N–C) groups is 1. The first-order valence-corrected chi connectivity index (χ1v) is 13.6. The van der Waals surface area contributed by atoms with Gasteiger partial charge in [-0.3, -0.25) is 0 Å². The average molecular weight is 577 g/mol. The number of fused-ring (bicyclic) bond motifs is 2. The predicted octanol–water partition coefficient (Wildman–Crippen LogP) is 8.74. The summed E-state index contributed by atoms with van der Waals surface area (Å²) in [6, 6.07) is 24.3. The lowest BCUT2D eigenvalue weighted by Crippen LogP contribution is -2.35. The second kappa shape index (κ2) is 10.9. The number of halogens is 4. The Morgan fingerprint density at radius 3 is 2.35 bits per heavy atom. The molecule has 1 atom stereocenters. The molecule has 0 spiro atoms. The minimum absolute atomic E-state index is 0.0699. The van der Waals surface area contributed by atoms with Crippen molar-refractivity contribution in [3.8, 4) is 22.7 Å². The first-order valence-electron chi connectivity index (χ1n) is 12.9. The van der Waals surface area contributed by atoms with Gasteiger partial charge >= 0.3 is 6.61 Å². The van der Waals surface area contributed by atoms with Crippen LogP contribution in [0.1, 0.15) is 36.1 Å². The van der Waals surface area contributed by atoms with Crippen molar-refractivity contribution in [3.05, 3.63) is 118 Å². The average Bonchev–Trinajstić information content (AvgIpc) is 3.33. The normalized spacial score (nSPS) is 16.2. The molecule has 5 nitrogen and oxygen atoms in total. The Bertz CT molecular complexity index is 1630. The van der Waals surface area contributed by atoms with Crippen LogP contribution in [0.2, 0.25) is 0 Å². The van der Waals surface area contributed by atoms with Gasteiger partial charge in [0.05, 0.1) is 27.4 Å². The summed E-state index contributed by atoms with van der Waals surface area (Å²) in [6.07, 6.45) is 5.47. The number of benzene rings is 3. The summed E-state index contributed by atoms with van der Waals surface area (Å²) < 4.78 is 32.1. The quantitative estimate of drug-likeness (QED) is 0.221. The van der Waals surface area contributed by atoms with E-state index in [0.29, 0.717) is 21.7 Å². The van der Waals surface area contributed by atoms with E-state index in [9.17, 15) is 8.78 Å². The molecule has 0 radical (unpaired) electrons. The topological polar surface area (TPSA) is 42.6 Å². The molecule has 2 aliphatic heterocycles. The fraction of sp³-hybridized carbons (Fsp3) is 0.161. The van der Waals surface area contributed by atoms with Crippen molar-refractivity contribution in [3.63, 3.8) is 0 Å². The number of aryl methyl sites for hydroxylation is 1. The van der Waals surface area contributed by atoms with E-state index in [4.69, 9.17) is 33.3 Å². The lowest BCUT2D eigenvalue weighted by atomic mass is 9.92. The van der Waals surface area contributed by atoms with Gasteiger partial charge in [-0.25, -0.2) is 9.67 Å². The highest BCUT2D eigenvalue weighted by Crippen LogP contribution is 2.48. The third-order valence-corrected chi connectivity index (χ3v) is 7.32. The molecule has 0 fully saturated rings. The Morgan fingerprint density at radius 2 is 1.68 bits per heavy atom. The highest BCUT2D eigenvalue weighted by atomic mass is 35.5. The number of amidine groups is 1. The van der Waals surface area contributed by atoms with Gasteiger partial charge in [-0.05, 0) is 47.9 Å². The number of allylic oxidation sites excluding steroid dienone is 2. The van der Waals surface area contributed by atoms with Crippen molar-refractivity contribution in [1.82, 2.24) is 14.7 Å². The van der Waals surface area contributed by atoms with Gasteiger partial charge < -0.3 is 9.64 Å². The van der Waals surface area contributed by atoms with Gasteiger partial charge in [-0.1, -0.05) is 91.1 Å². The van der Waals surface area contributed by atoms with E-state index in [2.05, 4.69) is 35.9 Å². The first-order chi connectivity index (χ1) is 19.4. The van der Waals surface area contributed by atoms with Crippen molar-refractivity contribution in [2.45, 2.75) is 32.4 Å². The number of hydrogen-bond donors (Lipinski definition) is 0.